The Morgan fingerprint density at radius 1 is 1.18 bits per heavy atom. The van der Waals surface area contributed by atoms with Crippen molar-refractivity contribution in [2.24, 2.45) is 5.92 Å². The third kappa shape index (κ3) is 6.02. The van der Waals surface area contributed by atoms with Gasteiger partial charge in [-0.2, -0.15) is 0 Å². The first kappa shape index (κ1) is 24.1. The number of non-ortho nitro benzene ring substituents is 1. The summed E-state index contributed by atoms with van der Waals surface area (Å²) in [7, 11) is -2.79. The summed E-state index contributed by atoms with van der Waals surface area (Å²) in [5.41, 5.74) is -0.154. The number of hydrogen-bond donors (Lipinski definition) is 2. The molecule has 1 heterocycles. The van der Waals surface area contributed by atoms with Crippen LogP contribution < -0.4 is 14.8 Å². The fourth-order valence-corrected chi connectivity index (χ4v) is 4.79. The fourth-order valence-electron chi connectivity index (χ4n) is 2.78. The number of rotatable bonds is 9. The molecule has 2 N–H and O–H groups in total. The number of ether oxygens (including phenoxy) is 1. The van der Waals surface area contributed by atoms with E-state index in [2.05, 4.69) is 34.1 Å². The van der Waals surface area contributed by atoms with Gasteiger partial charge in [0, 0.05) is 24.1 Å². The van der Waals surface area contributed by atoms with Gasteiger partial charge in [-0.15, -0.1) is 10.2 Å². The van der Waals surface area contributed by atoms with Gasteiger partial charge in [0.05, 0.1) is 22.6 Å². The van der Waals surface area contributed by atoms with E-state index in [4.69, 9.17) is 4.74 Å². The molecular weight excluding hydrogens is 470 g/mol. The number of benzene rings is 2. The predicted octanol–water partition coefficient (Wildman–Crippen LogP) is 3.71. The first-order chi connectivity index (χ1) is 15.6. The molecule has 0 bridgehead atoms. The molecule has 0 unspecified atom stereocenters. The second-order valence-electron chi connectivity index (χ2n) is 7.32. The lowest BCUT2D eigenvalue weighted by Gasteiger charge is -2.12. The summed E-state index contributed by atoms with van der Waals surface area (Å²) in [5, 5.41) is 22.8. The SMILES string of the molecule is COc1ccc([N+](=O)[O-])cc1NS(=O)(=O)c1ccc(C(=O)Nc2nnc(CC(C)C)s2)cc1. The number of nitrogens with one attached hydrogen (secondary N) is 2. The van der Waals surface area contributed by atoms with Gasteiger partial charge in [0.2, 0.25) is 5.13 Å². The van der Waals surface area contributed by atoms with Gasteiger partial charge in [0.25, 0.3) is 21.6 Å². The number of carbonyl (C=O) groups excluding carboxylic acids is 1. The van der Waals surface area contributed by atoms with Crippen LogP contribution in [0.25, 0.3) is 0 Å². The molecule has 1 aromatic heterocycles. The van der Waals surface area contributed by atoms with E-state index >= 15 is 0 Å². The number of nitrogens with zero attached hydrogens (tertiary/aromatic N) is 3. The van der Waals surface area contributed by atoms with Gasteiger partial charge in [-0.05, 0) is 36.2 Å². The second-order valence-corrected chi connectivity index (χ2v) is 10.1. The molecule has 0 saturated carbocycles. The molecule has 0 aliphatic rings. The summed E-state index contributed by atoms with van der Waals surface area (Å²) in [6, 6.07) is 8.77. The van der Waals surface area contributed by atoms with Crippen molar-refractivity contribution in [3.05, 3.63) is 63.1 Å². The van der Waals surface area contributed by atoms with Gasteiger partial charge >= 0.3 is 0 Å². The minimum atomic E-state index is -4.10. The normalized spacial score (nSPS) is 11.3. The number of nitro groups is 1. The van der Waals surface area contributed by atoms with Crippen molar-refractivity contribution >= 4 is 43.8 Å². The number of methoxy groups -OCH3 is 1. The van der Waals surface area contributed by atoms with E-state index in [0.29, 0.717) is 11.0 Å². The molecular formula is C20H21N5O6S2. The molecule has 0 radical (unpaired) electrons. The Morgan fingerprint density at radius 2 is 1.88 bits per heavy atom. The van der Waals surface area contributed by atoms with Crippen LogP contribution in [0.15, 0.2) is 47.4 Å². The Labute approximate surface area is 194 Å². The van der Waals surface area contributed by atoms with Crippen LogP contribution in [0, 0.1) is 16.0 Å². The van der Waals surface area contributed by atoms with E-state index in [1.807, 2.05) is 0 Å². The van der Waals surface area contributed by atoms with Crippen molar-refractivity contribution in [1.82, 2.24) is 10.2 Å². The Morgan fingerprint density at radius 3 is 2.48 bits per heavy atom. The average Bonchev–Trinajstić information content (AvgIpc) is 3.19. The summed E-state index contributed by atoms with van der Waals surface area (Å²) in [4.78, 5) is 22.7. The lowest BCUT2D eigenvalue weighted by Crippen LogP contribution is -2.15. The van der Waals surface area contributed by atoms with Gasteiger partial charge in [0.1, 0.15) is 10.8 Å². The Bertz CT molecular complexity index is 1270. The number of hydrogen-bond acceptors (Lipinski definition) is 9. The highest BCUT2D eigenvalue weighted by molar-refractivity contribution is 7.92. The van der Waals surface area contributed by atoms with E-state index in [0.717, 1.165) is 17.5 Å². The average molecular weight is 492 g/mol. The van der Waals surface area contributed by atoms with E-state index in [1.165, 1.54) is 54.8 Å². The number of nitro benzene ring substituents is 1. The zero-order valence-electron chi connectivity index (χ0n) is 17.9. The smallest absolute Gasteiger partial charge is 0.271 e. The second kappa shape index (κ2) is 9.92. The number of amides is 1. The van der Waals surface area contributed by atoms with Crippen molar-refractivity contribution in [1.29, 1.82) is 0 Å². The van der Waals surface area contributed by atoms with Crippen LogP contribution in [0.4, 0.5) is 16.5 Å². The molecule has 0 aliphatic heterocycles. The van der Waals surface area contributed by atoms with Crippen LogP contribution in [-0.2, 0) is 16.4 Å². The zero-order valence-corrected chi connectivity index (χ0v) is 19.6. The maximum Gasteiger partial charge on any atom is 0.271 e. The molecule has 3 aromatic rings. The van der Waals surface area contributed by atoms with E-state index in [-0.39, 0.29) is 27.6 Å². The number of carbonyl (C=O) groups is 1. The van der Waals surface area contributed by atoms with Crippen LogP contribution >= 0.6 is 11.3 Å². The van der Waals surface area contributed by atoms with Crippen molar-refractivity contribution in [2.45, 2.75) is 25.2 Å². The first-order valence-corrected chi connectivity index (χ1v) is 12.0. The highest BCUT2D eigenvalue weighted by Crippen LogP contribution is 2.31. The highest BCUT2D eigenvalue weighted by Gasteiger charge is 2.20. The van der Waals surface area contributed by atoms with Gasteiger partial charge in [-0.25, -0.2) is 8.42 Å². The Kier molecular flexibility index (Phi) is 7.23. The first-order valence-electron chi connectivity index (χ1n) is 9.68. The topological polar surface area (TPSA) is 153 Å². The minimum Gasteiger partial charge on any atom is -0.495 e. The van der Waals surface area contributed by atoms with Crippen LogP contribution in [0.3, 0.4) is 0 Å². The number of anilines is 2. The summed E-state index contributed by atoms with van der Waals surface area (Å²) in [6.45, 7) is 4.11. The van der Waals surface area contributed by atoms with Crippen molar-refractivity contribution in [2.75, 3.05) is 17.1 Å². The molecule has 1 amide bonds. The van der Waals surface area contributed by atoms with Crippen molar-refractivity contribution in [3.8, 4) is 5.75 Å². The molecule has 174 valence electrons. The lowest BCUT2D eigenvalue weighted by molar-refractivity contribution is -0.384. The molecule has 33 heavy (non-hydrogen) atoms. The fraction of sp³-hybridized carbons (Fsp3) is 0.250. The maximum atomic E-state index is 12.8. The molecule has 0 atom stereocenters. The van der Waals surface area contributed by atoms with E-state index in [9.17, 15) is 23.3 Å². The van der Waals surface area contributed by atoms with E-state index < -0.39 is 20.9 Å². The van der Waals surface area contributed by atoms with Crippen molar-refractivity contribution < 1.29 is 22.9 Å². The van der Waals surface area contributed by atoms with Gasteiger partial charge < -0.3 is 4.74 Å². The van der Waals surface area contributed by atoms with Gasteiger partial charge in [0.15, 0.2) is 0 Å². The summed E-state index contributed by atoms with van der Waals surface area (Å²) >= 11 is 1.28. The quantitative estimate of drug-likeness (QED) is 0.339. The molecule has 3 rings (SSSR count). The lowest BCUT2D eigenvalue weighted by atomic mass is 10.1. The van der Waals surface area contributed by atoms with Gasteiger partial charge in [-0.1, -0.05) is 25.2 Å². The summed E-state index contributed by atoms with van der Waals surface area (Å²) < 4.78 is 32.9. The zero-order chi connectivity index (χ0) is 24.2. The van der Waals surface area contributed by atoms with Gasteiger partial charge in [-0.3, -0.25) is 24.9 Å². The number of sulfonamides is 1. The third-order valence-corrected chi connectivity index (χ3v) is 6.58. The van der Waals surface area contributed by atoms with E-state index in [1.54, 1.807) is 0 Å². The van der Waals surface area contributed by atoms with Crippen LogP contribution in [0.1, 0.15) is 29.2 Å². The largest absolute Gasteiger partial charge is 0.495 e. The molecule has 11 nitrogen and oxygen atoms in total. The predicted molar refractivity (Wildman–Crippen MR) is 123 cm³/mol. The van der Waals surface area contributed by atoms with Crippen LogP contribution in [0.2, 0.25) is 0 Å². The molecule has 0 fully saturated rings. The van der Waals surface area contributed by atoms with Crippen molar-refractivity contribution in [3.63, 3.8) is 0 Å². The highest BCUT2D eigenvalue weighted by atomic mass is 32.2. The Balaban J connectivity index is 1.75. The molecule has 13 heteroatoms. The monoisotopic (exact) mass is 491 g/mol. The molecule has 2 aromatic carbocycles. The molecule has 0 saturated heterocycles. The minimum absolute atomic E-state index is 0.0815. The maximum absolute atomic E-state index is 12.8. The van der Waals surface area contributed by atoms with Crippen LogP contribution in [-0.4, -0.2) is 36.6 Å². The Hall–Kier alpha value is -3.58. The van der Waals surface area contributed by atoms with Crippen LogP contribution in [0.5, 0.6) is 5.75 Å². The summed E-state index contributed by atoms with van der Waals surface area (Å²) in [5.74, 6) is 0.0696. The summed E-state index contributed by atoms with van der Waals surface area (Å²) in [6.07, 6.45) is 0.752. The standard InChI is InChI=1S/C20H21N5O6S2/c1-12(2)10-18-22-23-20(32-18)21-19(26)13-4-7-15(8-5-13)33(29,30)24-16-11-14(25(27)28)6-9-17(16)31-3/h4-9,11-12,24H,10H2,1-3H3,(H,21,23,26). The third-order valence-electron chi connectivity index (χ3n) is 4.34. The molecule has 0 spiro atoms. The molecule has 0 aliphatic carbocycles. The number of aromatic nitrogens is 2.